The Bertz CT molecular complexity index is 1200. The molecular weight excluding hydrogens is 394 g/mol. The third kappa shape index (κ3) is 4.31. The number of nitriles is 1. The molecule has 0 atom stereocenters. The van der Waals surface area contributed by atoms with Crippen molar-refractivity contribution in [2.75, 3.05) is 23.3 Å². The summed E-state index contributed by atoms with van der Waals surface area (Å²) < 4.78 is 5.72. The number of hydrogen-bond acceptors (Lipinski definition) is 5. The Balaban J connectivity index is 1.49. The number of aryl methyl sites for hydroxylation is 1. The first-order valence-corrected chi connectivity index (χ1v) is 9.65. The van der Waals surface area contributed by atoms with Gasteiger partial charge in [-0.2, -0.15) is 5.26 Å². The number of nitrogens with zero attached hydrogens (tertiary/aromatic N) is 3. The molecule has 31 heavy (non-hydrogen) atoms. The second-order valence-corrected chi connectivity index (χ2v) is 6.93. The number of carbonyl (C=O) groups is 2. The normalized spacial score (nSPS) is 12.8. The number of anilines is 2. The SMILES string of the molecule is Cc1cc(Oc2ncccc2C#N)ccc1NC(=O)c1cccc(N2CCNC2=O)c1. The van der Waals surface area contributed by atoms with Crippen molar-refractivity contribution in [3.05, 3.63) is 77.5 Å². The van der Waals surface area contributed by atoms with E-state index < -0.39 is 0 Å². The fraction of sp³-hybridized carbons (Fsp3) is 0.130. The van der Waals surface area contributed by atoms with Crippen LogP contribution in [-0.2, 0) is 0 Å². The standard InChI is InChI=1S/C23H19N5O3/c1-15-12-19(31-22-17(14-24)5-3-9-25-22)7-8-20(15)27-21(29)16-4-2-6-18(13-16)28-11-10-26-23(28)30/h2-9,12-13H,10-11H2,1H3,(H,26,30)(H,27,29). The van der Waals surface area contributed by atoms with Crippen molar-refractivity contribution in [2.24, 2.45) is 0 Å². The average Bonchev–Trinajstić information content (AvgIpc) is 3.22. The van der Waals surface area contributed by atoms with Gasteiger partial charge >= 0.3 is 6.03 Å². The zero-order valence-corrected chi connectivity index (χ0v) is 16.8. The van der Waals surface area contributed by atoms with E-state index in [0.717, 1.165) is 5.56 Å². The van der Waals surface area contributed by atoms with Crippen LogP contribution >= 0.6 is 0 Å². The Labute approximate surface area is 179 Å². The van der Waals surface area contributed by atoms with E-state index in [1.807, 2.05) is 13.0 Å². The summed E-state index contributed by atoms with van der Waals surface area (Å²) in [7, 11) is 0. The molecule has 1 aliphatic heterocycles. The highest BCUT2D eigenvalue weighted by atomic mass is 16.5. The molecule has 3 aromatic rings. The number of urea groups is 1. The van der Waals surface area contributed by atoms with E-state index >= 15 is 0 Å². The first kappa shape index (κ1) is 19.9. The molecule has 0 radical (unpaired) electrons. The third-order valence-electron chi connectivity index (χ3n) is 4.83. The van der Waals surface area contributed by atoms with Gasteiger partial charge in [-0.25, -0.2) is 9.78 Å². The molecule has 0 spiro atoms. The molecule has 0 aliphatic carbocycles. The largest absolute Gasteiger partial charge is 0.438 e. The van der Waals surface area contributed by atoms with Crippen LogP contribution in [0.5, 0.6) is 11.6 Å². The summed E-state index contributed by atoms with van der Waals surface area (Å²) >= 11 is 0. The van der Waals surface area contributed by atoms with E-state index in [0.29, 0.717) is 41.3 Å². The van der Waals surface area contributed by atoms with Crippen LogP contribution in [0.4, 0.5) is 16.2 Å². The molecule has 4 rings (SSSR count). The van der Waals surface area contributed by atoms with Crippen LogP contribution in [0.2, 0.25) is 0 Å². The maximum atomic E-state index is 12.8. The Morgan fingerprint density at radius 1 is 1.23 bits per heavy atom. The Kier molecular flexibility index (Phi) is 5.49. The van der Waals surface area contributed by atoms with Crippen LogP contribution in [0, 0.1) is 18.3 Å². The molecule has 2 N–H and O–H groups in total. The van der Waals surface area contributed by atoms with Crippen LogP contribution < -0.4 is 20.3 Å². The van der Waals surface area contributed by atoms with Gasteiger partial charge in [0, 0.05) is 36.2 Å². The van der Waals surface area contributed by atoms with Crippen molar-refractivity contribution in [1.82, 2.24) is 10.3 Å². The van der Waals surface area contributed by atoms with Crippen molar-refractivity contribution < 1.29 is 14.3 Å². The lowest BCUT2D eigenvalue weighted by atomic mass is 10.1. The van der Waals surface area contributed by atoms with Crippen molar-refractivity contribution in [2.45, 2.75) is 6.92 Å². The molecule has 8 heteroatoms. The van der Waals surface area contributed by atoms with Crippen LogP contribution in [0.1, 0.15) is 21.5 Å². The van der Waals surface area contributed by atoms with Gasteiger partial charge in [-0.15, -0.1) is 0 Å². The van der Waals surface area contributed by atoms with Gasteiger partial charge < -0.3 is 15.4 Å². The number of amides is 3. The molecule has 8 nitrogen and oxygen atoms in total. The highest BCUT2D eigenvalue weighted by Crippen LogP contribution is 2.27. The van der Waals surface area contributed by atoms with Crippen molar-refractivity contribution in [3.63, 3.8) is 0 Å². The molecule has 1 fully saturated rings. The molecule has 2 aromatic carbocycles. The lowest BCUT2D eigenvalue weighted by Gasteiger charge is -2.15. The van der Waals surface area contributed by atoms with Gasteiger partial charge in [0.15, 0.2) is 0 Å². The summed E-state index contributed by atoms with van der Waals surface area (Å²) in [5.74, 6) is 0.450. The maximum Gasteiger partial charge on any atom is 0.321 e. The summed E-state index contributed by atoms with van der Waals surface area (Å²) in [4.78, 5) is 30.3. The molecule has 1 saturated heterocycles. The summed E-state index contributed by atoms with van der Waals surface area (Å²) in [5.41, 5.74) is 2.87. The van der Waals surface area contributed by atoms with Crippen molar-refractivity contribution in [3.8, 4) is 17.7 Å². The van der Waals surface area contributed by atoms with Gasteiger partial charge in [0.1, 0.15) is 17.4 Å². The predicted molar refractivity (Wildman–Crippen MR) is 115 cm³/mol. The van der Waals surface area contributed by atoms with Gasteiger partial charge in [0.05, 0.1) is 0 Å². The highest BCUT2D eigenvalue weighted by Gasteiger charge is 2.22. The summed E-state index contributed by atoms with van der Waals surface area (Å²) in [6.45, 7) is 2.99. The summed E-state index contributed by atoms with van der Waals surface area (Å²) in [6, 6.07) is 17.3. The second kappa shape index (κ2) is 8.55. The fourth-order valence-corrected chi connectivity index (χ4v) is 3.24. The lowest BCUT2D eigenvalue weighted by Crippen LogP contribution is -2.27. The van der Waals surface area contributed by atoms with Crippen LogP contribution in [0.15, 0.2) is 60.8 Å². The minimum Gasteiger partial charge on any atom is -0.438 e. The number of hydrogen-bond donors (Lipinski definition) is 2. The number of carbonyl (C=O) groups excluding carboxylic acids is 2. The predicted octanol–water partition coefficient (Wildman–Crippen LogP) is 3.84. The molecule has 0 unspecified atom stereocenters. The monoisotopic (exact) mass is 413 g/mol. The van der Waals surface area contributed by atoms with Crippen molar-refractivity contribution >= 4 is 23.3 Å². The van der Waals surface area contributed by atoms with Crippen molar-refractivity contribution in [1.29, 1.82) is 5.26 Å². The van der Waals surface area contributed by atoms with Crippen LogP contribution in [-0.4, -0.2) is 30.0 Å². The number of nitrogens with one attached hydrogen (secondary N) is 2. The molecule has 3 amide bonds. The Morgan fingerprint density at radius 3 is 2.84 bits per heavy atom. The van der Waals surface area contributed by atoms with Gasteiger partial charge in [0.25, 0.3) is 5.91 Å². The Morgan fingerprint density at radius 2 is 2.10 bits per heavy atom. The third-order valence-corrected chi connectivity index (χ3v) is 4.83. The maximum absolute atomic E-state index is 12.8. The van der Waals surface area contributed by atoms with E-state index in [9.17, 15) is 9.59 Å². The summed E-state index contributed by atoms with van der Waals surface area (Å²) in [6.07, 6.45) is 1.55. The topological polar surface area (TPSA) is 107 Å². The summed E-state index contributed by atoms with van der Waals surface area (Å²) in [5, 5.41) is 14.8. The van der Waals surface area contributed by atoms with Gasteiger partial charge in [-0.05, 0) is 61.0 Å². The fourth-order valence-electron chi connectivity index (χ4n) is 3.24. The lowest BCUT2D eigenvalue weighted by molar-refractivity contribution is 0.102. The zero-order valence-electron chi connectivity index (χ0n) is 16.8. The minimum atomic E-state index is -0.283. The van der Waals surface area contributed by atoms with E-state index in [4.69, 9.17) is 10.00 Å². The number of rotatable bonds is 5. The Hall–Kier alpha value is -4.38. The van der Waals surface area contributed by atoms with Gasteiger partial charge in [0.2, 0.25) is 5.88 Å². The number of aromatic nitrogens is 1. The zero-order chi connectivity index (χ0) is 21.8. The first-order chi connectivity index (χ1) is 15.0. The molecule has 1 aromatic heterocycles. The van der Waals surface area contributed by atoms with E-state index in [2.05, 4.69) is 15.6 Å². The molecule has 0 bridgehead atoms. The van der Waals surface area contributed by atoms with Crippen LogP contribution in [0.3, 0.4) is 0 Å². The van der Waals surface area contributed by atoms with Gasteiger partial charge in [-0.3, -0.25) is 9.69 Å². The second-order valence-electron chi connectivity index (χ2n) is 6.93. The number of benzene rings is 2. The average molecular weight is 413 g/mol. The highest BCUT2D eigenvalue weighted by molar-refractivity contribution is 6.06. The first-order valence-electron chi connectivity index (χ1n) is 9.65. The smallest absolute Gasteiger partial charge is 0.321 e. The number of ether oxygens (including phenoxy) is 1. The van der Waals surface area contributed by atoms with Crippen LogP contribution in [0.25, 0.3) is 0 Å². The quantitative estimate of drug-likeness (QED) is 0.661. The van der Waals surface area contributed by atoms with E-state index in [1.54, 1.807) is 65.7 Å². The van der Waals surface area contributed by atoms with E-state index in [-0.39, 0.29) is 17.8 Å². The minimum absolute atomic E-state index is 0.170. The number of pyridine rings is 1. The molecule has 2 heterocycles. The van der Waals surface area contributed by atoms with Gasteiger partial charge in [-0.1, -0.05) is 6.07 Å². The molecular formula is C23H19N5O3. The molecule has 0 saturated carbocycles. The molecule has 1 aliphatic rings. The van der Waals surface area contributed by atoms with E-state index in [1.165, 1.54) is 0 Å². The molecule has 154 valence electrons.